The molecule has 2 aromatic rings. The number of carbonyl (C=O) groups excluding carboxylic acids is 1. The van der Waals surface area contributed by atoms with Crippen LogP contribution in [0.25, 0.3) is 0 Å². The highest BCUT2D eigenvalue weighted by Gasteiger charge is 2.41. The minimum Gasteiger partial charge on any atom is -0.388 e. The van der Waals surface area contributed by atoms with Gasteiger partial charge in [-0.1, -0.05) is 23.7 Å². The van der Waals surface area contributed by atoms with Crippen molar-refractivity contribution >= 4 is 17.5 Å². The summed E-state index contributed by atoms with van der Waals surface area (Å²) in [5, 5.41) is 24.7. The van der Waals surface area contributed by atoms with Crippen LogP contribution in [0, 0.1) is 11.6 Å². The summed E-state index contributed by atoms with van der Waals surface area (Å²) in [4.78, 5) is 14.0. The Labute approximate surface area is 172 Å². The van der Waals surface area contributed by atoms with Gasteiger partial charge in [0, 0.05) is 37.3 Å². The van der Waals surface area contributed by atoms with E-state index in [1.54, 1.807) is 24.3 Å². The first-order valence-electron chi connectivity index (χ1n) is 9.33. The Hall–Kier alpha value is -2.06. The highest BCUT2D eigenvalue weighted by Crippen LogP contribution is 2.23. The van der Waals surface area contributed by atoms with Crippen LogP contribution in [0.4, 0.5) is 8.78 Å². The smallest absolute Gasteiger partial charge is 0.227 e. The van der Waals surface area contributed by atoms with Crippen LogP contribution in [0.1, 0.15) is 17.5 Å². The van der Waals surface area contributed by atoms with Crippen molar-refractivity contribution in [2.24, 2.45) is 0 Å². The Morgan fingerprint density at radius 2 is 1.83 bits per heavy atom. The average Bonchev–Trinajstić information content (AvgIpc) is 2.65. The number of aliphatic hydroxyl groups excluding tert-OH is 1. The molecule has 1 amide bonds. The van der Waals surface area contributed by atoms with Crippen LogP contribution in [-0.4, -0.2) is 52.4 Å². The van der Waals surface area contributed by atoms with Crippen LogP contribution in [0.2, 0.25) is 5.02 Å². The molecule has 2 atom stereocenters. The molecule has 0 unspecified atom stereocenters. The van der Waals surface area contributed by atoms with Gasteiger partial charge in [0.1, 0.15) is 23.3 Å². The highest BCUT2D eigenvalue weighted by molar-refractivity contribution is 6.30. The van der Waals surface area contributed by atoms with E-state index in [-0.39, 0.29) is 38.4 Å². The van der Waals surface area contributed by atoms with Crippen molar-refractivity contribution in [2.75, 3.05) is 19.6 Å². The van der Waals surface area contributed by atoms with Crippen LogP contribution in [-0.2, 0) is 17.8 Å². The van der Waals surface area contributed by atoms with Crippen molar-refractivity contribution in [3.63, 3.8) is 0 Å². The number of likely N-dealkylation sites (tertiary alicyclic amines) is 1. The predicted octanol–water partition coefficient (Wildman–Crippen LogP) is 2.27. The molecule has 2 aromatic carbocycles. The maximum atomic E-state index is 13.2. The molecule has 0 aliphatic carbocycles. The maximum Gasteiger partial charge on any atom is 0.227 e. The second-order valence-corrected chi connectivity index (χ2v) is 7.83. The van der Waals surface area contributed by atoms with Crippen molar-refractivity contribution < 1.29 is 23.8 Å². The Morgan fingerprint density at radius 3 is 2.45 bits per heavy atom. The molecule has 1 fully saturated rings. The Morgan fingerprint density at radius 1 is 1.17 bits per heavy atom. The third kappa shape index (κ3) is 5.73. The van der Waals surface area contributed by atoms with E-state index in [9.17, 15) is 23.8 Å². The number of nitrogens with one attached hydrogen (secondary N) is 1. The number of hydrogen-bond donors (Lipinski definition) is 3. The summed E-state index contributed by atoms with van der Waals surface area (Å²) in [5.74, 6) is -1.49. The van der Waals surface area contributed by atoms with E-state index in [2.05, 4.69) is 5.32 Å². The summed E-state index contributed by atoms with van der Waals surface area (Å²) in [6.45, 7) is 0.490. The van der Waals surface area contributed by atoms with Crippen molar-refractivity contribution in [1.82, 2.24) is 10.2 Å². The van der Waals surface area contributed by atoms with E-state index in [1.165, 1.54) is 17.0 Å². The number of aliphatic hydroxyl groups is 2. The predicted molar refractivity (Wildman–Crippen MR) is 105 cm³/mol. The lowest BCUT2D eigenvalue weighted by molar-refractivity contribution is -0.148. The van der Waals surface area contributed by atoms with Gasteiger partial charge in [-0.3, -0.25) is 4.79 Å². The fourth-order valence-corrected chi connectivity index (χ4v) is 3.55. The number of β-amino-alcohol motifs (C(OH)–C–C–N with tert-alkyl or cyclic N) is 1. The summed E-state index contributed by atoms with van der Waals surface area (Å²) in [6, 6.07) is 10.2. The number of rotatable bonds is 6. The molecule has 0 radical (unpaired) electrons. The first-order chi connectivity index (χ1) is 13.7. The molecule has 29 heavy (non-hydrogen) atoms. The molecular formula is C21H23ClF2N2O3. The Balaban J connectivity index is 1.51. The van der Waals surface area contributed by atoms with Crippen LogP contribution in [0.3, 0.4) is 0 Å². The normalized spacial score (nSPS) is 22.0. The molecule has 0 aromatic heterocycles. The van der Waals surface area contributed by atoms with E-state index >= 15 is 0 Å². The lowest BCUT2D eigenvalue weighted by atomic mass is 9.88. The zero-order valence-electron chi connectivity index (χ0n) is 15.7. The van der Waals surface area contributed by atoms with E-state index in [4.69, 9.17) is 11.6 Å². The zero-order chi connectivity index (χ0) is 21.0. The number of piperidine rings is 1. The minimum absolute atomic E-state index is 0.0131. The Bertz CT molecular complexity index is 845. The molecule has 3 rings (SSSR count). The molecule has 0 saturated carbocycles. The van der Waals surface area contributed by atoms with Crippen molar-refractivity contribution in [3.8, 4) is 0 Å². The summed E-state index contributed by atoms with van der Waals surface area (Å²) in [7, 11) is 0. The number of halogens is 3. The minimum atomic E-state index is -1.43. The van der Waals surface area contributed by atoms with Gasteiger partial charge in [-0.2, -0.15) is 0 Å². The molecule has 8 heteroatoms. The number of hydrogen-bond acceptors (Lipinski definition) is 4. The van der Waals surface area contributed by atoms with Gasteiger partial charge in [0.2, 0.25) is 5.91 Å². The molecule has 3 N–H and O–H groups in total. The molecule has 1 aliphatic rings. The molecule has 1 saturated heterocycles. The van der Waals surface area contributed by atoms with Gasteiger partial charge in [0.05, 0.1) is 6.42 Å². The second-order valence-electron chi connectivity index (χ2n) is 7.39. The lowest BCUT2D eigenvalue weighted by Gasteiger charge is -2.42. The van der Waals surface area contributed by atoms with Gasteiger partial charge in [0.25, 0.3) is 0 Å². The second kappa shape index (κ2) is 9.17. The van der Waals surface area contributed by atoms with Crippen LogP contribution in [0.5, 0.6) is 0 Å². The van der Waals surface area contributed by atoms with Gasteiger partial charge < -0.3 is 20.4 Å². The number of nitrogens with zero attached hydrogens (tertiary/aromatic N) is 1. The molecule has 0 bridgehead atoms. The lowest BCUT2D eigenvalue weighted by Crippen LogP contribution is -2.60. The summed E-state index contributed by atoms with van der Waals surface area (Å²) < 4.78 is 26.5. The highest BCUT2D eigenvalue weighted by atomic mass is 35.5. The van der Waals surface area contributed by atoms with Crippen LogP contribution >= 0.6 is 11.6 Å². The number of benzene rings is 2. The zero-order valence-corrected chi connectivity index (χ0v) is 16.5. The fraction of sp³-hybridized carbons (Fsp3) is 0.381. The van der Waals surface area contributed by atoms with Gasteiger partial charge in [-0.25, -0.2) is 8.78 Å². The van der Waals surface area contributed by atoms with Crippen molar-refractivity contribution in [3.05, 3.63) is 70.2 Å². The molecule has 5 nitrogen and oxygen atoms in total. The van der Waals surface area contributed by atoms with E-state index < -0.39 is 23.3 Å². The molecule has 1 aliphatic heterocycles. The van der Waals surface area contributed by atoms with Gasteiger partial charge in [-0.15, -0.1) is 0 Å². The van der Waals surface area contributed by atoms with E-state index in [0.717, 1.165) is 11.6 Å². The van der Waals surface area contributed by atoms with Crippen LogP contribution < -0.4 is 5.32 Å². The quantitative estimate of drug-likeness (QED) is 0.665. The van der Waals surface area contributed by atoms with Gasteiger partial charge in [0.15, 0.2) is 0 Å². The number of amides is 1. The van der Waals surface area contributed by atoms with Gasteiger partial charge in [-0.05, 0) is 41.8 Å². The third-order valence-corrected chi connectivity index (χ3v) is 5.38. The summed E-state index contributed by atoms with van der Waals surface area (Å²) in [6.07, 6.45) is -0.765. The van der Waals surface area contributed by atoms with Crippen molar-refractivity contribution in [1.29, 1.82) is 0 Å². The molecule has 156 valence electrons. The van der Waals surface area contributed by atoms with E-state index in [1.807, 2.05) is 0 Å². The average molecular weight is 425 g/mol. The first-order valence-corrected chi connectivity index (χ1v) is 9.71. The van der Waals surface area contributed by atoms with Crippen molar-refractivity contribution in [2.45, 2.75) is 31.1 Å². The third-order valence-electron chi connectivity index (χ3n) is 5.13. The monoisotopic (exact) mass is 424 g/mol. The molecule has 0 spiro atoms. The number of carbonyl (C=O) groups is 1. The SMILES string of the molecule is O=C(Cc1ccc(Cl)cc1)N1CC[C@](O)(CNCc2cc(F)cc(F)c2)[C@@H](O)C1. The summed E-state index contributed by atoms with van der Waals surface area (Å²) >= 11 is 5.84. The topological polar surface area (TPSA) is 72.8 Å². The Kier molecular flexibility index (Phi) is 6.85. The maximum absolute atomic E-state index is 13.2. The van der Waals surface area contributed by atoms with E-state index in [0.29, 0.717) is 17.1 Å². The van der Waals surface area contributed by atoms with Crippen LogP contribution in [0.15, 0.2) is 42.5 Å². The molecular weight excluding hydrogens is 402 g/mol. The molecule has 1 heterocycles. The summed E-state index contributed by atoms with van der Waals surface area (Å²) in [5.41, 5.74) is -0.210. The standard InChI is InChI=1S/C21H23ClF2N2O3/c22-16-3-1-14(2-4-16)9-20(28)26-6-5-21(29,19(27)12-26)13-25-11-15-7-17(23)10-18(24)8-15/h1-4,7-8,10,19,25,27,29H,5-6,9,11-13H2/t19-,21-/m0/s1. The largest absolute Gasteiger partial charge is 0.388 e. The first kappa shape index (κ1) is 21.6. The fourth-order valence-electron chi connectivity index (χ4n) is 3.42. The van der Waals surface area contributed by atoms with Gasteiger partial charge >= 0.3 is 0 Å².